The molecule has 0 fully saturated rings. The lowest BCUT2D eigenvalue weighted by atomic mass is 9.95. The Morgan fingerprint density at radius 3 is 2.34 bits per heavy atom. The van der Waals surface area contributed by atoms with Gasteiger partial charge in [-0.3, -0.25) is 9.98 Å². The molecule has 2 atom stereocenters. The summed E-state index contributed by atoms with van der Waals surface area (Å²) in [6.45, 7) is 0. The molecule has 0 spiro atoms. The van der Waals surface area contributed by atoms with Crippen molar-refractivity contribution in [1.29, 1.82) is 0 Å². The first-order valence-electron chi connectivity index (χ1n) is 14.9. The van der Waals surface area contributed by atoms with Crippen LogP contribution in [0.5, 0.6) is 0 Å². The molecule has 0 bridgehead atoms. The van der Waals surface area contributed by atoms with Gasteiger partial charge in [0.1, 0.15) is 0 Å². The largest absolute Gasteiger partial charge is 0.333 e. The second kappa shape index (κ2) is 9.89. The number of hydrogen-bond donors (Lipinski definition) is 0. The van der Waals surface area contributed by atoms with Gasteiger partial charge < -0.3 is 9.47 Å². The van der Waals surface area contributed by atoms with Crippen molar-refractivity contribution in [3.8, 4) is 28.2 Å². The van der Waals surface area contributed by atoms with E-state index in [1.165, 1.54) is 22.3 Å². The van der Waals surface area contributed by atoms with Crippen LogP contribution in [0.4, 0.5) is 11.4 Å². The molecule has 0 amide bonds. The zero-order valence-electron chi connectivity index (χ0n) is 23.8. The van der Waals surface area contributed by atoms with E-state index in [9.17, 15) is 0 Å². The molecule has 3 aromatic heterocycles. The Labute approximate surface area is 255 Å². The summed E-state index contributed by atoms with van der Waals surface area (Å²) in [4.78, 5) is 16.4. The topological polar surface area (TPSA) is 46.3 Å². The van der Waals surface area contributed by atoms with E-state index >= 15 is 0 Å². The normalized spacial score (nSPS) is 16.9. The lowest BCUT2D eigenvalue weighted by Gasteiger charge is -2.28. The van der Waals surface area contributed by atoms with E-state index in [0.717, 1.165) is 44.6 Å². The van der Waals surface area contributed by atoms with E-state index in [4.69, 9.17) is 4.98 Å². The molecule has 0 saturated heterocycles. The number of aromatic nitrogens is 3. The molecular weight excluding hydrogens is 538 g/mol. The molecule has 2 aliphatic heterocycles. The second-order valence-electron chi connectivity index (χ2n) is 11.3. The fourth-order valence-electron chi connectivity index (χ4n) is 6.91. The number of hydrogen-bond acceptors (Lipinski definition) is 4. The monoisotopic (exact) mass is 565 g/mol. The van der Waals surface area contributed by atoms with Gasteiger partial charge in [-0.25, -0.2) is 4.98 Å². The van der Waals surface area contributed by atoms with Crippen molar-refractivity contribution < 1.29 is 0 Å². The van der Waals surface area contributed by atoms with Gasteiger partial charge >= 0.3 is 0 Å². The first-order valence-corrected chi connectivity index (χ1v) is 14.9. The maximum absolute atomic E-state index is 5.13. The molecule has 0 radical (unpaired) electrons. The van der Waals surface area contributed by atoms with Gasteiger partial charge in [0, 0.05) is 69.7 Å². The fourth-order valence-corrected chi connectivity index (χ4v) is 6.91. The van der Waals surface area contributed by atoms with Crippen LogP contribution in [-0.2, 0) is 0 Å². The Balaban J connectivity index is 1.07. The van der Waals surface area contributed by atoms with Crippen molar-refractivity contribution in [2.24, 2.45) is 4.99 Å². The molecule has 5 heteroatoms. The summed E-state index contributed by atoms with van der Waals surface area (Å²) in [6, 6.07) is 43.2. The maximum Gasteiger partial charge on any atom is 0.0710 e. The van der Waals surface area contributed by atoms with Crippen molar-refractivity contribution >= 4 is 39.4 Å². The molecule has 2 unspecified atom stereocenters. The van der Waals surface area contributed by atoms with Crippen LogP contribution in [0, 0.1) is 0 Å². The van der Waals surface area contributed by atoms with Crippen molar-refractivity contribution in [3.05, 3.63) is 152 Å². The minimum absolute atomic E-state index is 0.232. The third-order valence-corrected chi connectivity index (χ3v) is 8.90. The highest BCUT2D eigenvalue weighted by Gasteiger charge is 2.37. The predicted octanol–water partition coefficient (Wildman–Crippen LogP) is 9.11. The molecular formula is C39H27N5. The van der Waals surface area contributed by atoms with Gasteiger partial charge in [-0.05, 0) is 66.2 Å². The van der Waals surface area contributed by atoms with Crippen molar-refractivity contribution in [3.63, 3.8) is 0 Å². The van der Waals surface area contributed by atoms with Crippen LogP contribution in [0.15, 0.2) is 151 Å². The molecule has 44 heavy (non-hydrogen) atoms. The first kappa shape index (κ1) is 24.8. The Kier molecular flexibility index (Phi) is 5.56. The van der Waals surface area contributed by atoms with Gasteiger partial charge in [0.2, 0.25) is 0 Å². The summed E-state index contributed by atoms with van der Waals surface area (Å²) in [6.07, 6.45) is 10.0. The van der Waals surface area contributed by atoms with Crippen LogP contribution < -0.4 is 4.90 Å². The van der Waals surface area contributed by atoms with E-state index in [1.807, 2.05) is 18.6 Å². The Morgan fingerprint density at radius 2 is 1.41 bits per heavy atom. The van der Waals surface area contributed by atoms with Crippen LogP contribution in [0.3, 0.4) is 0 Å². The lowest BCUT2D eigenvalue weighted by Crippen LogP contribution is -2.29. The van der Waals surface area contributed by atoms with Crippen molar-refractivity contribution in [2.75, 3.05) is 4.90 Å². The number of fused-ring (bicyclic) bond motifs is 6. The van der Waals surface area contributed by atoms with E-state index in [-0.39, 0.29) is 12.0 Å². The molecule has 0 N–H and O–H groups in total. The van der Waals surface area contributed by atoms with Gasteiger partial charge in [-0.2, -0.15) is 0 Å². The van der Waals surface area contributed by atoms with Gasteiger partial charge in [-0.15, -0.1) is 0 Å². The summed E-state index contributed by atoms with van der Waals surface area (Å²) < 4.78 is 2.31. The molecule has 2 aliphatic rings. The number of nitrogens with zero attached hydrogens (tertiary/aromatic N) is 5. The second-order valence-corrected chi connectivity index (χ2v) is 11.3. The molecule has 4 aromatic carbocycles. The predicted molar refractivity (Wildman–Crippen MR) is 180 cm³/mol. The zero-order chi connectivity index (χ0) is 29.0. The van der Waals surface area contributed by atoms with Crippen molar-refractivity contribution in [2.45, 2.75) is 12.0 Å². The van der Waals surface area contributed by atoms with Gasteiger partial charge in [0.05, 0.1) is 28.5 Å². The molecule has 7 aromatic rings. The van der Waals surface area contributed by atoms with Crippen LogP contribution in [0.1, 0.15) is 11.5 Å². The Hall–Kier alpha value is -5.81. The first-order chi connectivity index (χ1) is 21.8. The smallest absolute Gasteiger partial charge is 0.0710 e. The van der Waals surface area contributed by atoms with Crippen LogP contribution in [0.2, 0.25) is 0 Å². The Morgan fingerprint density at radius 1 is 0.614 bits per heavy atom. The standard InChI is InChI=1S/C39H27N5/c1-3-13-36-30(9-1)32-24-40-21-19-38(32)43(36)28-17-15-26(16-18-28)34-11-6-12-35(42-34)27-7-5-8-29(23-27)44-37-14-4-2-10-31(37)33-25-41-22-20-39(33)44/h1-25,32,38H. The molecule has 5 heterocycles. The Bertz CT molecular complexity index is 2210. The van der Waals surface area contributed by atoms with Gasteiger partial charge in [0.25, 0.3) is 0 Å². The van der Waals surface area contributed by atoms with Crippen LogP contribution >= 0.6 is 0 Å². The molecule has 5 nitrogen and oxygen atoms in total. The summed E-state index contributed by atoms with van der Waals surface area (Å²) in [5.74, 6) is 0.268. The SMILES string of the molecule is C1=CC2C(C=N1)c1ccccc1N2c1ccc(-c2cccc(-c3cccc(-n4c5ccccc5c5cnccc54)c3)n2)cc1. The van der Waals surface area contributed by atoms with Gasteiger partial charge in [0.15, 0.2) is 0 Å². The number of pyridine rings is 2. The third kappa shape index (κ3) is 3.83. The molecule has 9 rings (SSSR count). The third-order valence-electron chi connectivity index (χ3n) is 8.90. The number of rotatable bonds is 4. The quantitative estimate of drug-likeness (QED) is 0.214. The van der Waals surface area contributed by atoms with Crippen molar-refractivity contribution in [1.82, 2.24) is 14.5 Å². The van der Waals surface area contributed by atoms with Crippen LogP contribution in [-0.4, -0.2) is 26.8 Å². The minimum atomic E-state index is 0.232. The lowest BCUT2D eigenvalue weighted by molar-refractivity contribution is 0.780. The van der Waals surface area contributed by atoms with E-state index in [2.05, 4.69) is 153 Å². The highest BCUT2D eigenvalue weighted by Crippen LogP contribution is 2.46. The summed E-state index contributed by atoms with van der Waals surface area (Å²) in [5, 5.41) is 2.35. The molecule has 208 valence electrons. The number of anilines is 2. The zero-order valence-corrected chi connectivity index (χ0v) is 23.8. The number of aliphatic imine (C=N–C) groups is 1. The van der Waals surface area contributed by atoms with E-state index < -0.39 is 0 Å². The highest BCUT2D eigenvalue weighted by molar-refractivity contribution is 6.08. The number of benzene rings is 4. The average Bonchev–Trinajstić information content (AvgIpc) is 3.62. The average molecular weight is 566 g/mol. The number of para-hydroxylation sites is 2. The van der Waals surface area contributed by atoms with Gasteiger partial charge in [-0.1, -0.05) is 66.7 Å². The summed E-state index contributed by atoms with van der Waals surface area (Å²) in [7, 11) is 0. The highest BCUT2D eigenvalue weighted by atomic mass is 15.2. The maximum atomic E-state index is 5.13. The molecule has 0 aliphatic carbocycles. The summed E-state index contributed by atoms with van der Waals surface area (Å²) >= 11 is 0. The van der Waals surface area contributed by atoms with Crippen LogP contribution in [0.25, 0.3) is 50.0 Å². The fraction of sp³-hybridized carbons (Fsp3) is 0.0513. The van der Waals surface area contributed by atoms with E-state index in [1.54, 1.807) is 0 Å². The van der Waals surface area contributed by atoms with E-state index in [0.29, 0.717) is 0 Å². The molecule has 0 saturated carbocycles. The minimum Gasteiger partial charge on any atom is -0.333 e. The summed E-state index contributed by atoms with van der Waals surface area (Å²) in [5.41, 5.74) is 11.2.